The summed E-state index contributed by atoms with van der Waals surface area (Å²) in [5, 5.41) is 0. The van der Waals surface area contributed by atoms with Gasteiger partial charge in [0, 0.05) is 5.92 Å². The summed E-state index contributed by atoms with van der Waals surface area (Å²) < 4.78 is 11.0. The molecule has 2 fully saturated rings. The maximum Gasteiger partial charge on any atom is 0.312 e. The van der Waals surface area contributed by atoms with Crippen molar-refractivity contribution in [2.24, 2.45) is 23.2 Å². The molecule has 1 saturated heterocycles. The first-order valence-electron chi connectivity index (χ1n) is 5.71. The Labute approximate surface area is 91.1 Å². The van der Waals surface area contributed by atoms with Crippen molar-refractivity contribution < 1.29 is 14.3 Å². The number of carbonyl (C=O) groups is 1. The molecule has 0 aromatic heterocycles. The zero-order valence-corrected chi connectivity index (χ0v) is 10.1. The average Bonchev–Trinajstić information content (AvgIpc) is 2.47. The second kappa shape index (κ2) is 3.21. The van der Waals surface area contributed by atoms with Gasteiger partial charge in [0.05, 0.1) is 12.0 Å². The lowest BCUT2D eigenvalue weighted by Gasteiger charge is -2.24. The number of hydrogen-bond donors (Lipinski definition) is 0. The van der Waals surface area contributed by atoms with E-state index in [1.165, 1.54) is 0 Å². The zero-order valence-electron chi connectivity index (χ0n) is 10.1. The molecule has 1 aliphatic carbocycles. The van der Waals surface area contributed by atoms with Crippen LogP contribution in [-0.4, -0.2) is 18.4 Å². The van der Waals surface area contributed by atoms with E-state index in [2.05, 4.69) is 27.7 Å². The lowest BCUT2D eigenvalue weighted by Crippen LogP contribution is -2.29. The summed E-state index contributed by atoms with van der Waals surface area (Å²) in [6.07, 6.45) is -0.173. The van der Waals surface area contributed by atoms with E-state index in [0.29, 0.717) is 5.92 Å². The van der Waals surface area contributed by atoms with Crippen LogP contribution in [0.25, 0.3) is 0 Å². The fourth-order valence-corrected chi connectivity index (χ4v) is 2.38. The average molecular weight is 212 g/mol. The Kier molecular flexibility index (Phi) is 2.34. The largest absolute Gasteiger partial charge is 0.435 e. The van der Waals surface area contributed by atoms with E-state index in [9.17, 15) is 4.79 Å². The molecule has 0 amide bonds. The Morgan fingerprint density at radius 1 is 1.33 bits per heavy atom. The molecule has 15 heavy (non-hydrogen) atoms. The van der Waals surface area contributed by atoms with Crippen LogP contribution >= 0.6 is 0 Å². The van der Waals surface area contributed by atoms with Crippen LogP contribution in [0.2, 0.25) is 0 Å². The third-order valence-corrected chi connectivity index (χ3v) is 3.98. The van der Waals surface area contributed by atoms with E-state index in [4.69, 9.17) is 9.47 Å². The molecule has 2 aliphatic rings. The quantitative estimate of drug-likeness (QED) is 0.673. The Morgan fingerprint density at radius 2 is 1.93 bits per heavy atom. The molecule has 0 spiro atoms. The summed E-state index contributed by atoms with van der Waals surface area (Å²) in [6, 6.07) is 0. The van der Waals surface area contributed by atoms with E-state index in [0.717, 1.165) is 0 Å². The van der Waals surface area contributed by atoms with Crippen molar-refractivity contribution in [1.29, 1.82) is 0 Å². The highest BCUT2D eigenvalue weighted by Gasteiger charge is 2.72. The molecule has 86 valence electrons. The van der Waals surface area contributed by atoms with Crippen LogP contribution in [0.1, 0.15) is 34.6 Å². The molecule has 0 radical (unpaired) electrons. The molecular weight excluding hydrogens is 192 g/mol. The third-order valence-electron chi connectivity index (χ3n) is 3.98. The van der Waals surface area contributed by atoms with Gasteiger partial charge >= 0.3 is 5.97 Å². The summed E-state index contributed by atoms with van der Waals surface area (Å²) in [7, 11) is 0. The fraction of sp³-hybridized carbons (Fsp3) is 0.917. The van der Waals surface area contributed by atoms with Gasteiger partial charge in [0.15, 0.2) is 0 Å². The molecule has 4 atom stereocenters. The summed E-state index contributed by atoms with van der Waals surface area (Å²) in [5.74, 6) is 0.712. The predicted octanol–water partition coefficient (Wildman–Crippen LogP) is 2.20. The molecular formula is C12H20O3. The van der Waals surface area contributed by atoms with E-state index in [1.54, 1.807) is 0 Å². The van der Waals surface area contributed by atoms with Gasteiger partial charge in [-0.25, -0.2) is 0 Å². The van der Waals surface area contributed by atoms with Crippen LogP contribution in [0.4, 0.5) is 0 Å². The molecule has 1 aliphatic heterocycles. The number of carbonyl (C=O) groups excluding carboxylic acids is 1. The SMILES string of the molecule is CC(C)[C@@H](C)O[C@@H]1OC(=O)[C@@H]2[C@H]1C2(C)C. The lowest BCUT2D eigenvalue weighted by molar-refractivity contribution is -0.189. The highest BCUT2D eigenvalue weighted by Crippen LogP contribution is 2.64. The standard InChI is InChI=1S/C12H20O3/c1-6(2)7(3)14-11-9-8(10(13)15-11)12(9,4)5/h6-9,11H,1-5H3/t7-,8+,9-,11-/m1/s1. The summed E-state index contributed by atoms with van der Waals surface area (Å²) in [4.78, 5) is 11.5. The first kappa shape index (κ1) is 10.9. The van der Waals surface area contributed by atoms with Gasteiger partial charge in [0.1, 0.15) is 0 Å². The predicted molar refractivity (Wildman–Crippen MR) is 56.0 cm³/mol. The van der Waals surface area contributed by atoms with Crippen LogP contribution in [0, 0.1) is 23.2 Å². The van der Waals surface area contributed by atoms with Crippen LogP contribution < -0.4 is 0 Å². The van der Waals surface area contributed by atoms with Gasteiger partial charge in [-0.3, -0.25) is 4.79 Å². The van der Waals surface area contributed by atoms with Crippen molar-refractivity contribution in [2.75, 3.05) is 0 Å². The smallest absolute Gasteiger partial charge is 0.312 e. The first-order chi connectivity index (χ1) is 6.85. The van der Waals surface area contributed by atoms with Gasteiger partial charge < -0.3 is 9.47 Å². The van der Waals surface area contributed by atoms with Crippen molar-refractivity contribution in [3.63, 3.8) is 0 Å². The second-order valence-electron chi connectivity index (χ2n) is 5.72. The first-order valence-corrected chi connectivity index (χ1v) is 5.71. The second-order valence-corrected chi connectivity index (χ2v) is 5.72. The van der Waals surface area contributed by atoms with Crippen LogP contribution in [0.3, 0.4) is 0 Å². The van der Waals surface area contributed by atoms with E-state index in [1.807, 2.05) is 6.92 Å². The number of ether oxygens (including phenoxy) is 2. The van der Waals surface area contributed by atoms with Crippen molar-refractivity contribution in [2.45, 2.75) is 47.0 Å². The highest BCUT2D eigenvalue weighted by atomic mass is 16.7. The van der Waals surface area contributed by atoms with E-state index in [-0.39, 0.29) is 35.6 Å². The zero-order chi connectivity index (χ0) is 11.4. The Balaban J connectivity index is 1.99. The summed E-state index contributed by atoms with van der Waals surface area (Å²) >= 11 is 0. The van der Waals surface area contributed by atoms with Gasteiger partial charge in [-0.2, -0.15) is 0 Å². The minimum absolute atomic E-state index is 0.0712. The fourth-order valence-electron chi connectivity index (χ4n) is 2.38. The van der Waals surface area contributed by atoms with Crippen molar-refractivity contribution >= 4 is 5.97 Å². The number of hydrogen-bond acceptors (Lipinski definition) is 3. The third kappa shape index (κ3) is 1.57. The Hall–Kier alpha value is -0.570. The molecule has 1 heterocycles. The lowest BCUT2D eigenvalue weighted by atomic mass is 10.1. The minimum Gasteiger partial charge on any atom is -0.435 e. The molecule has 2 rings (SSSR count). The topological polar surface area (TPSA) is 35.5 Å². The van der Waals surface area contributed by atoms with E-state index < -0.39 is 0 Å². The molecule has 0 aromatic rings. The van der Waals surface area contributed by atoms with Crippen molar-refractivity contribution in [3.8, 4) is 0 Å². The van der Waals surface area contributed by atoms with Gasteiger partial charge in [0.2, 0.25) is 6.29 Å². The number of esters is 1. The molecule has 3 nitrogen and oxygen atoms in total. The van der Waals surface area contributed by atoms with Gasteiger partial charge in [-0.15, -0.1) is 0 Å². The molecule has 0 N–H and O–H groups in total. The van der Waals surface area contributed by atoms with Gasteiger partial charge in [-0.05, 0) is 18.3 Å². The Morgan fingerprint density at radius 3 is 2.33 bits per heavy atom. The Bertz CT molecular complexity index is 283. The van der Waals surface area contributed by atoms with Crippen molar-refractivity contribution in [1.82, 2.24) is 0 Å². The van der Waals surface area contributed by atoms with Crippen LogP contribution in [0.5, 0.6) is 0 Å². The maximum atomic E-state index is 11.5. The molecule has 1 saturated carbocycles. The molecule has 0 bridgehead atoms. The number of fused-ring (bicyclic) bond motifs is 1. The minimum atomic E-state index is -0.310. The number of cyclic esters (lactones) is 1. The number of rotatable bonds is 3. The monoisotopic (exact) mass is 212 g/mol. The van der Waals surface area contributed by atoms with Crippen LogP contribution in [0.15, 0.2) is 0 Å². The maximum absolute atomic E-state index is 11.5. The summed E-state index contributed by atoms with van der Waals surface area (Å²) in [5.41, 5.74) is 0.0801. The molecule has 3 heteroatoms. The highest BCUT2D eigenvalue weighted by molar-refractivity contribution is 5.80. The van der Waals surface area contributed by atoms with Gasteiger partial charge in [0.25, 0.3) is 0 Å². The van der Waals surface area contributed by atoms with Crippen LogP contribution in [-0.2, 0) is 14.3 Å². The summed E-state index contributed by atoms with van der Waals surface area (Å²) in [6.45, 7) is 10.5. The van der Waals surface area contributed by atoms with Gasteiger partial charge in [-0.1, -0.05) is 27.7 Å². The van der Waals surface area contributed by atoms with E-state index >= 15 is 0 Å². The van der Waals surface area contributed by atoms with Crippen molar-refractivity contribution in [3.05, 3.63) is 0 Å². The molecule has 0 unspecified atom stereocenters. The normalized spacial score (nSPS) is 38.8. The molecule has 0 aromatic carbocycles.